The highest BCUT2D eigenvalue weighted by atomic mass is 15.0. The Labute approximate surface area is 107 Å². The average Bonchev–Trinajstić information content (AvgIpc) is 2.46. The van der Waals surface area contributed by atoms with Crippen LogP contribution >= 0.6 is 0 Å². The molecule has 1 heterocycles. The summed E-state index contributed by atoms with van der Waals surface area (Å²) in [5.74, 6) is 0.938. The zero-order valence-corrected chi connectivity index (χ0v) is 10.3. The first-order valence-corrected chi connectivity index (χ1v) is 6.37. The minimum Gasteiger partial charge on any atom is -0.366 e. The molecule has 1 aromatic carbocycles. The van der Waals surface area contributed by atoms with Crippen LogP contribution in [0.1, 0.15) is 12.8 Å². The Morgan fingerprint density at radius 1 is 1.06 bits per heavy atom. The van der Waals surface area contributed by atoms with Gasteiger partial charge in [0.05, 0.1) is 5.52 Å². The number of benzene rings is 1. The van der Waals surface area contributed by atoms with E-state index >= 15 is 0 Å². The van der Waals surface area contributed by atoms with Crippen LogP contribution in [0.25, 0.3) is 10.9 Å². The molecule has 0 unspecified atom stereocenters. The van der Waals surface area contributed by atoms with Crippen molar-refractivity contribution in [2.24, 2.45) is 0 Å². The average molecular weight is 236 g/mol. The van der Waals surface area contributed by atoms with Gasteiger partial charge < -0.3 is 5.32 Å². The van der Waals surface area contributed by atoms with E-state index in [9.17, 15) is 0 Å². The molecule has 0 radical (unpaired) electrons. The molecule has 2 heteroatoms. The van der Waals surface area contributed by atoms with Crippen LogP contribution in [-0.2, 0) is 0 Å². The van der Waals surface area contributed by atoms with Gasteiger partial charge in [-0.15, -0.1) is 0 Å². The Hall–Kier alpha value is -2.09. The second kappa shape index (κ2) is 5.05. The first-order valence-electron chi connectivity index (χ1n) is 6.37. The van der Waals surface area contributed by atoms with Gasteiger partial charge in [-0.3, -0.25) is 0 Å². The van der Waals surface area contributed by atoms with Gasteiger partial charge in [-0.05, 0) is 36.6 Å². The lowest BCUT2D eigenvalue weighted by atomic mass is 10.1. The second-order valence-electron chi connectivity index (χ2n) is 4.50. The minimum atomic E-state index is 0.849. The van der Waals surface area contributed by atoms with E-state index in [2.05, 4.69) is 40.7 Å². The number of hydrogen-bond donors (Lipinski definition) is 1. The van der Waals surface area contributed by atoms with Crippen LogP contribution in [-0.4, -0.2) is 11.5 Å². The molecule has 0 atom stereocenters. The largest absolute Gasteiger partial charge is 0.366 e. The number of fused-ring (bicyclic) bond motifs is 1. The molecule has 18 heavy (non-hydrogen) atoms. The summed E-state index contributed by atoms with van der Waals surface area (Å²) < 4.78 is 0. The third kappa shape index (κ3) is 2.43. The van der Waals surface area contributed by atoms with Crippen molar-refractivity contribution in [2.75, 3.05) is 11.9 Å². The lowest BCUT2D eigenvalue weighted by molar-refractivity contribution is 1.00. The van der Waals surface area contributed by atoms with Gasteiger partial charge >= 0.3 is 0 Å². The molecule has 1 aromatic heterocycles. The number of anilines is 1. The molecule has 0 saturated heterocycles. The number of pyridine rings is 1. The lowest BCUT2D eigenvalue weighted by Gasteiger charge is -2.09. The summed E-state index contributed by atoms with van der Waals surface area (Å²) in [6, 6.07) is 12.3. The van der Waals surface area contributed by atoms with Crippen molar-refractivity contribution in [1.29, 1.82) is 0 Å². The molecule has 0 bridgehead atoms. The van der Waals surface area contributed by atoms with Crippen LogP contribution < -0.4 is 5.32 Å². The molecular weight excluding hydrogens is 220 g/mol. The van der Waals surface area contributed by atoms with Crippen molar-refractivity contribution in [3.05, 3.63) is 60.2 Å². The highest BCUT2D eigenvalue weighted by Gasteiger charge is 2.00. The molecule has 0 amide bonds. The quantitative estimate of drug-likeness (QED) is 0.873. The third-order valence-corrected chi connectivity index (χ3v) is 3.14. The maximum absolute atomic E-state index is 4.60. The number of nitrogens with zero attached hydrogens (tertiary/aromatic N) is 1. The van der Waals surface area contributed by atoms with Gasteiger partial charge in [0.15, 0.2) is 0 Å². The first kappa shape index (κ1) is 11.0. The van der Waals surface area contributed by atoms with Crippen molar-refractivity contribution in [3.8, 4) is 0 Å². The molecule has 3 rings (SSSR count). The van der Waals surface area contributed by atoms with E-state index in [1.54, 1.807) is 0 Å². The number of rotatable bonds is 3. The Morgan fingerprint density at radius 3 is 2.89 bits per heavy atom. The highest BCUT2D eigenvalue weighted by Crippen LogP contribution is 2.15. The molecule has 2 aromatic rings. The zero-order valence-electron chi connectivity index (χ0n) is 10.3. The van der Waals surface area contributed by atoms with Gasteiger partial charge in [-0.1, -0.05) is 36.4 Å². The summed E-state index contributed by atoms with van der Waals surface area (Å²) in [4.78, 5) is 4.60. The summed E-state index contributed by atoms with van der Waals surface area (Å²) in [5, 5.41) is 4.56. The summed E-state index contributed by atoms with van der Waals surface area (Å²) in [6.45, 7) is 0.849. The van der Waals surface area contributed by atoms with Crippen LogP contribution in [0.3, 0.4) is 0 Å². The molecule has 0 spiro atoms. The van der Waals surface area contributed by atoms with Crippen LogP contribution in [0.2, 0.25) is 0 Å². The van der Waals surface area contributed by atoms with Crippen molar-refractivity contribution in [2.45, 2.75) is 12.8 Å². The number of nitrogens with one attached hydrogen (secondary N) is 1. The first-order chi connectivity index (χ1) is 8.92. The predicted molar refractivity (Wildman–Crippen MR) is 76.7 cm³/mol. The van der Waals surface area contributed by atoms with Gasteiger partial charge in [0.2, 0.25) is 0 Å². The summed E-state index contributed by atoms with van der Waals surface area (Å²) in [5.41, 5.74) is 2.38. The van der Waals surface area contributed by atoms with Gasteiger partial charge in [-0.25, -0.2) is 4.98 Å². The Kier molecular flexibility index (Phi) is 3.09. The molecular formula is C16H16N2. The van der Waals surface area contributed by atoms with Gasteiger partial charge in [-0.2, -0.15) is 0 Å². The van der Waals surface area contributed by atoms with Crippen LogP contribution in [0.5, 0.6) is 0 Å². The third-order valence-electron chi connectivity index (χ3n) is 3.14. The fourth-order valence-corrected chi connectivity index (χ4v) is 2.16. The summed E-state index contributed by atoms with van der Waals surface area (Å²) in [6.07, 6.45) is 9.02. The van der Waals surface area contributed by atoms with Crippen molar-refractivity contribution >= 4 is 16.7 Å². The van der Waals surface area contributed by atoms with E-state index < -0.39 is 0 Å². The minimum absolute atomic E-state index is 0.849. The summed E-state index contributed by atoms with van der Waals surface area (Å²) >= 11 is 0. The second-order valence-corrected chi connectivity index (χ2v) is 4.50. The lowest BCUT2D eigenvalue weighted by Crippen LogP contribution is -2.06. The smallest absolute Gasteiger partial charge is 0.126 e. The molecule has 0 aliphatic heterocycles. The molecule has 1 aliphatic carbocycles. The molecule has 2 nitrogen and oxygen atoms in total. The number of para-hydroxylation sites is 1. The van der Waals surface area contributed by atoms with Crippen LogP contribution in [0.15, 0.2) is 60.2 Å². The van der Waals surface area contributed by atoms with E-state index in [4.69, 9.17) is 0 Å². The van der Waals surface area contributed by atoms with E-state index in [1.165, 1.54) is 11.0 Å². The standard InChI is InChI=1S/C16H16N2/c1-2-6-13(7-3-1)12-17-16-11-10-14-8-4-5-9-15(14)18-16/h2,4-11H,1,3,12H2,(H,17,18). The predicted octanol–water partition coefficient (Wildman–Crippen LogP) is 3.92. The highest BCUT2D eigenvalue weighted by molar-refractivity contribution is 5.80. The Morgan fingerprint density at radius 2 is 2.00 bits per heavy atom. The SMILES string of the molecule is C1=CC(CNc2ccc3ccccc3n2)=CCC1. The Balaban J connectivity index is 1.74. The van der Waals surface area contributed by atoms with E-state index in [1.807, 2.05) is 24.3 Å². The molecule has 1 aliphatic rings. The molecule has 0 saturated carbocycles. The maximum Gasteiger partial charge on any atom is 0.126 e. The van der Waals surface area contributed by atoms with Gasteiger partial charge in [0, 0.05) is 11.9 Å². The molecule has 90 valence electrons. The topological polar surface area (TPSA) is 24.9 Å². The van der Waals surface area contributed by atoms with Crippen molar-refractivity contribution in [1.82, 2.24) is 4.98 Å². The Bertz CT molecular complexity index is 611. The van der Waals surface area contributed by atoms with Gasteiger partial charge in [0.1, 0.15) is 5.82 Å². The van der Waals surface area contributed by atoms with Crippen LogP contribution in [0, 0.1) is 0 Å². The number of allylic oxidation sites excluding steroid dienone is 2. The fraction of sp³-hybridized carbons (Fsp3) is 0.188. The maximum atomic E-state index is 4.60. The number of hydrogen-bond acceptors (Lipinski definition) is 2. The van der Waals surface area contributed by atoms with Crippen molar-refractivity contribution in [3.63, 3.8) is 0 Å². The number of aromatic nitrogens is 1. The molecule has 1 N–H and O–H groups in total. The van der Waals surface area contributed by atoms with Crippen molar-refractivity contribution < 1.29 is 0 Å². The zero-order chi connectivity index (χ0) is 12.2. The van der Waals surface area contributed by atoms with Gasteiger partial charge in [0.25, 0.3) is 0 Å². The van der Waals surface area contributed by atoms with E-state index in [0.29, 0.717) is 0 Å². The fourth-order valence-electron chi connectivity index (χ4n) is 2.16. The van der Waals surface area contributed by atoms with E-state index in [-0.39, 0.29) is 0 Å². The van der Waals surface area contributed by atoms with Crippen LogP contribution in [0.4, 0.5) is 5.82 Å². The normalized spacial score (nSPS) is 14.6. The van der Waals surface area contributed by atoms with E-state index in [0.717, 1.165) is 30.7 Å². The summed E-state index contributed by atoms with van der Waals surface area (Å²) in [7, 11) is 0. The molecule has 0 fully saturated rings. The monoisotopic (exact) mass is 236 g/mol.